The predicted octanol–water partition coefficient (Wildman–Crippen LogP) is 2.78. The van der Waals surface area contributed by atoms with Crippen molar-refractivity contribution in [2.45, 2.75) is 12.7 Å². The van der Waals surface area contributed by atoms with E-state index in [1.165, 1.54) is 4.90 Å². The molecule has 8 heteroatoms. The van der Waals surface area contributed by atoms with Gasteiger partial charge in [-0.1, -0.05) is 30.3 Å². The fraction of sp³-hybridized carbons (Fsp3) is 0.333. The number of halogens is 3. The fourth-order valence-electron chi connectivity index (χ4n) is 3.17. The van der Waals surface area contributed by atoms with Gasteiger partial charge in [0.05, 0.1) is 5.56 Å². The summed E-state index contributed by atoms with van der Waals surface area (Å²) in [5.74, 6) is -0.659. The Morgan fingerprint density at radius 1 is 0.966 bits per heavy atom. The summed E-state index contributed by atoms with van der Waals surface area (Å²) in [7, 11) is 0. The van der Waals surface area contributed by atoms with E-state index >= 15 is 0 Å². The first-order valence-electron chi connectivity index (χ1n) is 9.33. The third-order valence-corrected chi connectivity index (χ3v) is 4.76. The van der Waals surface area contributed by atoms with Gasteiger partial charge in [0.2, 0.25) is 5.91 Å². The van der Waals surface area contributed by atoms with Crippen molar-refractivity contribution in [3.63, 3.8) is 0 Å². The van der Waals surface area contributed by atoms with Crippen molar-refractivity contribution in [2.24, 2.45) is 0 Å². The smallest absolute Gasteiger partial charge is 0.339 e. The van der Waals surface area contributed by atoms with Crippen LogP contribution in [0.2, 0.25) is 0 Å². The molecule has 29 heavy (non-hydrogen) atoms. The largest absolute Gasteiger partial charge is 0.416 e. The molecule has 0 bridgehead atoms. The number of piperazine rings is 1. The van der Waals surface area contributed by atoms with Crippen LogP contribution < -0.4 is 5.32 Å². The minimum Gasteiger partial charge on any atom is -0.339 e. The molecule has 1 aliphatic rings. The van der Waals surface area contributed by atoms with Crippen molar-refractivity contribution in [1.29, 1.82) is 0 Å². The second-order valence-electron chi connectivity index (χ2n) is 6.85. The van der Waals surface area contributed by atoms with Crippen LogP contribution in [-0.4, -0.2) is 54.3 Å². The van der Waals surface area contributed by atoms with Crippen LogP contribution in [0.1, 0.15) is 21.5 Å². The Bertz CT molecular complexity index is 832. The average molecular weight is 405 g/mol. The lowest BCUT2D eigenvalue weighted by Crippen LogP contribution is -2.50. The molecule has 2 amide bonds. The number of carbonyl (C=O) groups excluding carboxylic acids is 2. The van der Waals surface area contributed by atoms with Crippen LogP contribution in [0.5, 0.6) is 0 Å². The van der Waals surface area contributed by atoms with Crippen molar-refractivity contribution in [1.82, 2.24) is 15.1 Å². The summed E-state index contributed by atoms with van der Waals surface area (Å²) in [5, 5.41) is 3.16. The standard InChI is InChI=1S/C21H22F3N3O2/c22-21(23,24)18-8-6-17(7-9-18)20(29)27(14-16-4-2-1-3-5-16)15-19(28)26-12-10-25-11-13-26/h1-9,25H,10-15H2. The van der Waals surface area contributed by atoms with Gasteiger partial charge in [-0.3, -0.25) is 9.59 Å². The third kappa shape index (κ3) is 5.57. The summed E-state index contributed by atoms with van der Waals surface area (Å²) >= 11 is 0. The zero-order chi connectivity index (χ0) is 20.9. The van der Waals surface area contributed by atoms with Gasteiger partial charge in [-0.2, -0.15) is 13.2 Å². The highest BCUT2D eigenvalue weighted by Gasteiger charge is 2.31. The molecular weight excluding hydrogens is 383 g/mol. The highest BCUT2D eigenvalue weighted by Crippen LogP contribution is 2.29. The Labute approximate surface area is 167 Å². The monoisotopic (exact) mass is 405 g/mol. The summed E-state index contributed by atoms with van der Waals surface area (Å²) < 4.78 is 38.4. The molecule has 5 nitrogen and oxygen atoms in total. The molecule has 1 fully saturated rings. The normalized spacial score (nSPS) is 14.5. The van der Waals surface area contributed by atoms with Crippen LogP contribution in [0.25, 0.3) is 0 Å². The van der Waals surface area contributed by atoms with Gasteiger partial charge in [-0.25, -0.2) is 0 Å². The van der Waals surface area contributed by atoms with Gasteiger partial charge in [-0.05, 0) is 29.8 Å². The van der Waals surface area contributed by atoms with Crippen LogP contribution in [0.15, 0.2) is 54.6 Å². The second-order valence-corrected chi connectivity index (χ2v) is 6.85. The van der Waals surface area contributed by atoms with E-state index in [4.69, 9.17) is 0 Å². The van der Waals surface area contributed by atoms with Gasteiger partial charge in [0.1, 0.15) is 6.54 Å². The lowest BCUT2D eigenvalue weighted by molar-refractivity contribution is -0.137. The summed E-state index contributed by atoms with van der Waals surface area (Å²) in [6.07, 6.45) is -4.47. The van der Waals surface area contributed by atoms with Crippen molar-refractivity contribution in [3.8, 4) is 0 Å². The first-order chi connectivity index (χ1) is 13.8. The van der Waals surface area contributed by atoms with E-state index in [0.29, 0.717) is 26.2 Å². The molecule has 0 aliphatic carbocycles. The van der Waals surface area contributed by atoms with E-state index in [9.17, 15) is 22.8 Å². The van der Waals surface area contributed by atoms with E-state index in [1.54, 1.807) is 4.90 Å². The summed E-state index contributed by atoms with van der Waals surface area (Å²) in [6.45, 7) is 2.57. The Balaban J connectivity index is 1.79. The van der Waals surface area contributed by atoms with Gasteiger partial charge in [-0.15, -0.1) is 0 Å². The van der Waals surface area contributed by atoms with Gasteiger partial charge < -0.3 is 15.1 Å². The molecule has 154 valence electrons. The molecule has 0 aromatic heterocycles. The lowest BCUT2D eigenvalue weighted by Gasteiger charge is -2.30. The Morgan fingerprint density at radius 2 is 1.59 bits per heavy atom. The van der Waals surface area contributed by atoms with E-state index in [-0.39, 0.29) is 24.6 Å². The Morgan fingerprint density at radius 3 is 2.17 bits per heavy atom. The molecule has 0 saturated carbocycles. The van der Waals surface area contributed by atoms with Gasteiger partial charge >= 0.3 is 6.18 Å². The highest BCUT2D eigenvalue weighted by atomic mass is 19.4. The number of nitrogens with zero attached hydrogens (tertiary/aromatic N) is 2. The molecule has 3 rings (SSSR count). The second kappa shape index (κ2) is 9.09. The zero-order valence-corrected chi connectivity index (χ0v) is 15.8. The van der Waals surface area contributed by atoms with E-state index in [1.807, 2.05) is 30.3 Å². The molecule has 0 atom stereocenters. The van der Waals surface area contributed by atoms with Crippen LogP contribution in [0.4, 0.5) is 13.2 Å². The van der Waals surface area contributed by atoms with Crippen molar-refractivity contribution < 1.29 is 22.8 Å². The van der Waals surface area contributed by atoms with E-state index < -0.39 is 17.6 Å². The maximum atomic E-state index is 13.0. The topological polar surface area (TPSA) is 52.7 Å². The number of hydrogen-bond donors (Lipinski definition) is 1. The number of rotatable bonds is 5. The first kappa shape index (κ1) is 20.9. The molecule has 0 radical (unpaired) electrons. The van der Waals surface area contributed by atoms with Crippen molar-refractivity contribution in [3.05, 3.63) is 71.3 Å². The number of benzene rings is 2. The highest BCUT2D eigenvalue weighted by molar-refractivity contribution is 5.96. The molecule has 0 unspecified atom stereocenters. The SMILES string of the molecule is O=C(CN(Cc1ccccc1)C(=O)c1ccc(C(F)(F)F)cc1)N1CCNCC1. The molecule has 1 aliphatic heterocycles. The van der Waals surface area contributed by atoms with E-state index in [2.05, 4.69) is 5.32 Å². The molecular formula is C21H22F3N3O2. The Kier molecular flexibility index (Phi) is 6.53. The number of carbonyl (C=O) groups is 2. The summed E-state index contributed by atoms with van der Waals surface area (Å²) in [4.78, 5) is 28.7. The van der Waals surface area contributed by atoms with Gasteiger partial charge in [0.15, 0.2) is 0 Å². The lowest BCUT2D eigenvalue weighted by atomic mass is 10.1. The summed E-state index contributed by atoms with van der Waals surface area (Å²) in [6, 6.07) is 13.2. The third-order valence-electron chi connectivity index (χ3n) is 4.76. The molecule has 2 aromatic carbocycles. The predicted molar refractivity (Wildman–Crippen MR) is 102 cm³/mol. The Hall–Kier alpha value is -2.87. The first-order valence-corrected chi connectivity index (χ1v) is 9.33. The quantitative estimate of drug-likeness (QED) is 0.833. The maximum absolute atomic E-state index is 13.0. The average Bonchev–Trinajstić information content (AvgIpc) is 2.73. The van der Waals surface area contributed by atoms with Crippen LogP contribution in [0.3, 0.4) is 0 Å². The molecule has 0 spiro atoms. The van der Waals surface area contributed by atoms with Gasteiger partial charge in [0.25, 0.3) is 5.91 Å². The van der Waals surface area contributed by atoms with Crippen LogP contribution in [-0.2, 0) is 17.5 Å². The van der Waals surface area contributed by atoms with E-state index in [0.717, 1.165) is 29.8 Å². The van der Waals surface area contributed by atoms with Crippen molar-refractivity contribution in [2.75, 3.05) is 32.7 Å². The van der Waals surface area contributed by atoms with Crippen molar-refractivity contribution >= 4 is 11.8 Å². The summed E-state index contributed by atoms with van der Waals surface area (Å²) in [5.41, 5.74) is 0.128. The molecule has 1 N–H and O–H groups in total. The minimum absolute atomic E-state index is 0.113. The fourth-order valence-corrected chi connectivity index (χ4v) is 3.17. The van der Waals surface area contributed by atoms with Crippen LogP contribution in [0, 0.1) is 0 Å². The van der Waals surface area contributed by atoms with Gasteiger partial charge in [0, 0.05) is 38.3 Å². The number of hydrogen-bond acceptors (Lipinski definition) is 3. The minimum atomic E-state index is -4.47. The van der Waals surface area contributed by atoms with Crippen LogP contribution >= 0.6 is 0 Å². The molecule has 1 saturated heterocycles. The molecule has 2 aromatic rings. The maximum Gasteiger partial charge on any atom is 0.416 e. The number of alkyl halides is 3. The molecule has 1 heterocycles. The zero-order valence-electron chi connectivity index (χ0n) is 15.8. The number of nitrogens with one attached hydrogen (secondary N) is 1. The number of amides is 2.